The van der Waals surface area contributed by atoms with Crippen molar-refractivity contribution in [2.75, 3.05) is 25.1 Å². The van der Waals surface area contributed by atoms with Crippen molar-refractivity contribution in [3.8, 4) is 11.1 Å². The average Bonchev–Trinajstić information content (AvgIpc) is 2.45. The van der Waals surface area contributed by atoms with Crippen molar-refractivity contribution in [1.29, 1.82) is 0 Å². The van der Waals surface area contributed by atoms with Crippen molar-refractivity contribution < 1.29 is 5.11 Å². The monoisotopic (exact) mass is 257 g/mol. The van der Waals surface area contributed by atoms with Crippen molar-refractivity contribution >= 4 is 5.95 Å². The molecule has 1 heterocycles. The largest absolute Gasteiger partial charge is 0.396 e. The molecule has 0 radical (unpaired) electrons. The van der Waals surface area contributed by atoms with E-state index in [9.17, 15) is 0 Å². The maximum Gasteiger partial charge on any atom is 0.225 e. The molecule has 100 valence electrons. The minimum atomic E-state index is 0.186. The highest BCUT2D eigenvalue weighted by atomic mass is 16.3. The fourth-order valence-corrected chi connectivity index (χ4v) is 1.96. The van der Waals surface area contributed by atoms with E-state index in [1.54, 1.807) is 0 Å². The molecule has 4 nitrogen and oxygen atoms in total. The number of aryl methyl sites for hydroxylation is 1. The SMILES string of the molecule is Cc1ccccc1-c1cnc(N(C)CCCO)nc1. The van der Waals surface area contributed by atoms with Crippen LogP contribution in [0.1, 0.15) is 12.0 Å². The lowest BCUT2D eigenvalue weighted by molar-refractivity contribution is 0.290. The van der Waals surface area contributed by atoms with Crippen LogP contribution in [0, 0.1) is 6.92 Å². The van der Waals surface area contributed by atoms with Gasteiger partial charge in [-0.1, -0.05) is 24.3 Å². The first kappa shape index (κ1) is 13.5. The second kappa shape index (κ2) is 6.29. The van der Waals surface area contributed by atoms with Gasteiger partial charge in [-0.15, -0.1) is 0 Å². The van der Waals surface area contributed by atoms with Crippen LogP contribution in [0.2, 0.25) is 0 Å². The summed E-state index contributed by atoms with van der Waals surface area (Å²) < 4.78 is 0. The highest BCUT2D eigenvalue weighted by molar-refractivity contribution is 5.65. The topological polar surface area (TPSA) is 49.2 Å². The van der Waals surface area contributed by atoms with Gasteiger partial charge in [0.1, 0.15) is 0 Å². The molecular weight excluding hydrogens is 238 g/mol. The molecule has 4 heteroatoms. The van der Waals surface area contributed by atoms with Gasteiger partial charge in [0.2, 0.25) is 5.95 Å². The Bertz CT molecular complexity index is 525. The third-order valence-corrected chi connectivity index (χ3v) is 3.09. The van der Waals surface area contributed by atoms with Crippen molar-refractivity contribution in [3.63, 3.8) is 0 Å². The lowest BCUT2D eigenvalue weighted by atomic mass is 10.0. The van der Waals surface area contributed by atoms with Crippen molar-refractivity contribution in [2.24, 2.45) is 0 Å². The maximum atomic E-state index is 8.82. The number of benzene rings is 1. The number of nitrogens with zero attached hydrogens (tertiary/aromatic N) is 3. The number of rotatable bonds is 5. The summed E-state index contributed by atoms with van der Waals surface area (Å²) in [6.07, 6.45) is 4.42. The van der Waals surface area contributed by atoms with E-state index in [0.29, 0.717) is 5.95 Å². The summed E-state index contributed by atoms with van der Waals surface area (Å²) in [5.74, 6) is 0.686. The molecule has 0 spiro atoms. The fraction of sp³-hybridized carbons (Fsp3) is 0.333. The zero-order valence-electron chi connectivity index (χ0n) is 11.4. The molecule has 0 saturated heterocycles. The molecule has 0 aliphatic rings. The Morgan fingerprint density at radius 3 is 2.47 bits per heavy atom. The Morgan fingerprint density at radius 2 is 1.84 bits per heavy atom. The fourth-order valence-electron chi connectivity index (χ4n) is 1.96. The molecule has 2 aromatic rings. The maximum absolute atomic E-state index is 8.82. The van der Waals surface area contributed by atoms with Crippen LogP contribution in [0.25, 0.3) is 11.1 Å². The van der Waals surface area contributed by atoms with Gasteiger partial charge in [-0.25, -0.2) is 9.97 Å². The molecule has 0 aliphatic carbocycles. The lowest BCUT2D eigenvalue weighted by Crippen LogP contribution is -2.21. The van der Waals surface area contributed by atoms with Gasteiger partial charge in [0, 0.05) is 38.2 Å². The van der Waals surface area contributed by atoms with Crippen molar-refractivity contribution in [3.05, 3.63) is 42.2 Å². The summed E-state index contributed by atoms with van der Waals surface area (Å²) in [5.41, 5.74) is 3.40. The number of aliphatic hydroxyl groups is 1. The van der Waals surface area contributed by atoms with Crippen LogP contribution in [-0.4, -0.2) is 35.3 Å². The molecule has 2 rings (SSSR count). The zero-order chi connectivity index (χ0) is 13.7. The van der Waals surface area contributed by atoms with E-state index in [1.807, 2.05) is 36.5 Å². The zero-order valence-corrected chi connectivity index (χ0v) is 11.4. The second-order valence-electron chi connectivity index (χ2n) is 4.59. The standard InChI is InChI=1S/C15H19N3O/c1-12-6-3-4-7-14(12)13-10-16-15(17-11-13)18(2)8-5-9-19/h3-4,6-7,10-11,19H,5,8-9H2,1-2H3. The minimum absolute atomic E-state index is 0.186. The average molecular weight is 257 g/mol. The highest BCUT2D eigenvalue weighted by Crippen LogP contribution is 2.22. The molecule has 19 heavy (non-hydrogen) atoms. The quantitative estimate of drug-likeness (QED) is 0.892. The van der Waals surface area contributed by atoms with E-state index < -0.39 is 0 Å². The molecule has 1 aromatic carbocycles. The summed E-state index contributed by atoms with van der Waals surface area (Å²) in [4.78, 5) is 10.7. The Kier molecular flexibility index (Phi) is 4.47. The van der Waals surface area contributed by atoms with Gasteiger partial charge in [-0.05, 0) is 24.5 Å². The van der Waals surface area contributed by atoms with Gasteiger partial charge in [0.15, 0.2) is 0 Å². The summed E-state index contributed by atoms with van der Waals surface area (Å²) in [5, 5.41) is 8.82. The number of anilines is 1. The predicted molar refractivity (Wildman–Crippen MR) is 77.2 cm³/mol. The molecule has 0 fully saturated rings. The molecule has 0 atom stereocenters. The number of hydrogen-bond donors (Lipinski definition) is 1. The van der Waals surface area contributed by atoms with Crippen LogP contribution in [0.15, 0.2) is 36.7 Å². The van der Waals surface area contributed by atoms with E-state index in [0.717, 1.165) is 24.1 Å². The summed E-state index contributed by atoms with van der Waals surface area (Å²) >= 11 is 0. The molecule has 0 amide bonds. The normalized spacial score (nSPS) is 10.5. The van der Waals surface area contributed by atoms with Crippen LogP contribution in [0.3, 0.4) is 0 Å². The number of aromatic nitrogens is 2. The smallest absolute Gasteiger partial charge is 0.225 e. The van der Waals surface area contributed by atoms with Crippen LogP contribution in [0.5, 0.6) is 0 Å². The molecule has 0 aliphatic heterocycles. The Labute approximate surface area is 113 Å². The van der Waals surface area contributed by atoms with Gasteiger partial charge >= 0.3 is 0 Å². The van der Waals surface area contributed by atoms with Gasteiger partial charge in [-0.2, -0.15) is 0 Å². The molecular formula is C15H19N3O. The minimum Gasteiger partial charge on any atom is -0.396 e. The number of hydrogen-bond acceptors (Lipinski definition) is 4. The second-order valence-corrected chi connectivity index (χ2v) is 4.59. The number of aliphatic hydroxyl groups excluding tert-OH is 1. The Balaban J connectivity index is 2.17. The Hall–Kier alpha value is -1.94. The van der Waals surface area contributed by atoms with Gasteiger partial charge < -0.3 is 10.0 Å². The van der Waals surface area contributed by atoms with Crippen molar-refractivity contribution in [1.82, 2.24) is 9.97 Å². The van der Waals surface area contributed by atoms with E-state index in [1.165, 1.54) is 5.56 Å². The van der Waals surface area contributed by atoms with Gasteiger partial charge in [0.05, 0.1) is 0 Å². The van der Waals surface area contributed by atoms with Gasteiger partial charge in [-0.3, -0.25) is 0 Å². The first-order chi connectivity index (χ1) is 9.22. The van der Waals surface area contributed by atoms with E-state index in [2.05, 4.69) is 29.0 Å². The summed E-state index contributed by atoms with van der Waals surface area (Å²) in [6.45, 7) is 3.02. The van der Waals surface area contributed by atoms with E-state index >= 15 is 0 Å². The summed E-state index contributed by atoms with van der Waals surface area (Å²) in [7, 11) is 1.93. The first-order valence-electron chi connectivity index (χ1n) is 6.42. The first-order valence-corrected chi connectivity index (χ1v) is 6.42. The lowest BCUT2D eigenvalue weighted by Gasteiger charge is -2.16. The molecule has 0 unspecified atom stereocenters. The van der Waals surface area contributed by atoms with Crippen LogP contribution in [-0.2, 0) is 0 Å². The van der Waals surface area contributed by atoms with E-state index in [4.69, 9.17) is 5.11 Å². The molecule has 1 aromatic heterocycles. The van der Waals surface area contributed by atoms with Crippen molar-refractivity contribution in [2.45, 2.75) is 13.3 Å². The predicted octanol–water partition coefficient (Wildman–Crippen LogP) is 2.27. The van der Waals surface area contributed by atoms with Gasteiger partial charge in [0.25, 0.3) is 0 Å². The van der Waals surface area contributed by atoms with Crippen LogP contribution >= 0.6 is 0 Å². The summed E-state index contributed by atoms with van der Waals surface area (Å²) in [6, 6.07) is 8.19. The van der Waals surface area contributed by atoms with E-state index in [-0.39, 0.29) is 6.61 Å². The highest BCUT2D eigenvalue weighted by Gasteiger charge is 2.06. The van der Waals surface area contributed by atoms with Crippen LogP contribution < -0.4 is 4.90 Å². The third-order valence-electron chi connectivity index (χ3n) is 3.09. The third kappa shape index (κ3) is 3.29. The molecule has 0 saturated carbocycles. The van der Waals surface area contributed by atoms with Crippen LogP contribution in [0.4, 0.5) is 5.95 Å². The molecule has 1 N–H and O–H groups in total. The molecule has 0 bridgehead atoms. The Morgan fingerprint density at radius 1 is 1.16 bits per heavy atom.